The largest absolute Gasteiger partial charge is 0.508 e. The van der Waals surface area contributed by atoms with Gasteiger partial charge in [0.25, 0.3) is 0 Å². The third kappa shape index (κ3) is 5.30. The van der Waals surface area contributed by atoms with Crippen LogP contribution >= 0.6 is 0 Å². The summed E-state index contributed by atoms with van der Waals surface area (Å²) in [6.45, 7) is -1.34. The Bertz CT molecular complexity index is 1440. The molecule has 9 atom stereocenters. The van der Waals surface area contributed by atoms with E-state index >= 15 is 0 Å². The van der Waals surface area contributed by atoms with E-state index in [0.29, 0.717) is 0 Å². The molecule has 0 unspecified atom stereocenters. The molecule has 0 bridgehead atoms. The van der Waals surface area contributed by atoms with Gasteiger partial charge >= 0.3 is 0 Å². The molecule has 5 rings (SSSR count). The van der Waals surface area contributed by atoms with Gasteiger partial charge in [0.1, 0.15) is 70.9 Å². The summed E-state index contributed by atoms with van der Waals surface area (Å²) in [5, 5.41) is 89.7. The molecule has 0 spiro atoms. The van der Waals surface area contributed by atoms with Gasteiger partial charge in [-0.2, -0.15) is 0 Å². The molecule has 2 aliphatic heterocycles. The number of fused-ring (bicyclic) bond motifs is 1. The summed E-state index contributed by atoms with van der Waals surface area (Å²) >= 11 is 0. The van der Waals surface area contributed by atoms with Gasteiger partial charge in [0.05, 0.1) is 13.2 Å². The molecule has 9 N–H and O–H groups in total. The smallest absolute Gasteiger partial charge is 0.239 e. The fourth-order valence-corrected chi connectivity index (χ4v) is 4.61. The molecular formula is C26H28O15. The molecule has 1 aromatic heterocycles. The first kappa shape index (κ1) is 29.0. The molecule has 2 saturated heterocycles. The van der Waals surface area contributed by atoms with Gasteiger partial charge in [0.15, 0.2) is 5.76 Å². The van der Waals surface area contributed by atoms with Crippen LogP contribution in [0, 0.1) is 0 Å². The SMILES string of the molecule is O=c1c(O[C@H]2O[C@H](CO)[C@@H](O)[C@H](O)[C@H]2O)c(-c2ccc(O)cc2)oc2cc(O[C@H]3O[C@@H](CO)[C@H](O)[C@H]3O)cc(O)c12. The Morgan fingerprint density at radius 2 is 1.29 bits per heavy atom. The number of hydrogen-bond donors (Lipinski definition) is 9. The number of benzene rings is 2. The number of aliphatic hydroxyl groups excluding tert-OH is 7. The maximum Gasteiger partial charge on any atom is 0.239 e. The van der Waals surface area contributed by atoms with Crippen LogP contribution in [0.3, 0.4) is 0 Å². The zero-order chi connectivity index (χ0) is 29.6. The Morgan fingerprint density at radius 3 is 1.90 bits per heavy atom. The molecule has 0 amide bonds. The Balaban J connectivity index is 1.58. The van der Waals surface area contributed by atoms with Crippen molar-refractivity contribution >= 4 is 11.0 Å². The van der Waals surface area contributed by atoms with Crippen LogP contribution in [0.5, 0.6) is 23.0 Å². The molecule has 3 heterocycles. The second-order valence-corrected chi connectivity index (χ2v) is 9.59. The van der Waals surface area contributed by atoms with Crippen LogP contribution in [0.15, 0.2) is 45.6 Å². The maximum atomic E-state index is 13.7. The van der Waals surface area contributed by atoms with Crippen LogP contribution in [0.2, 0.25) is 0 Å². The number of aromatic hydroxyl groups is 2. The van der Waals surface area contributed by atoms with Crippen molar-refractivity contribution in [3.8, 4) is 34.3 Å². The third-order valence-corrected chi connectivity index (χ3v) is 6.87. The first-order chi connectivity index (χ1) is 19.5. The molecule has 41 heavy (non-hydrogen) atoms. The minimum absolute atomic E-state index is 0.111. The molecule has 0 saturated carbocycles. The minimum atomic E-state index is -1.86. The maximum absolute atomic E-state index is 13.7. The molecule has 2 aliphatic rings. The second kappa shape index (κ2) is 11.4. The van der Waals surface area contributed by atoms with Crippen LogP contribution in [0.25, 0.3) is 22.3 Å². The van der Waals surface area contributed by atoms with Crippen molar-refractivity contribution in [2.45, 2.75) is 55.3 Å². The Morgan fingerprint density at radius 1 is 0.732 bits per heavy atom. The van der Waals surface area contributed by atoms with E-state index in [1.165, 1.54) is 30.3 Å². The van der Waals surface area contributed by atoms with E-state index in [4.69, 9.17) is 23.4 Å². The van der Waals surface area contributed by atoms with Gasteiger partial charge in [0.2, 0.25) is 23.8 Å². The molecule has 0 radical (unpaired) electrons. The van der Waals surface area contributed by atoms with Gasteiger partial charge in [-0.05, 0) is 24.3 Å². The second-order valence-electron chi connectivity index (χ2n) is 9.59. The molecule has 15 nitrogen and oxygen atoms in total. The summed E-state index contributed by atoms with van der Waals surface area (Å²) in [6.07, 6.45) is -14.0. The summed E-state index contributed by atoms with van der Waals surface area (Å²) in [4.78, 5) is 13.7. The highest BCUT2D eigenvalue weighted by molar-refractivity contribution is 5.88. The van der Waals surface area contributed by atoms with Crippen LogP contribution in [0.4, 0.5) is 0 Å². The summed E-state index contributed by atoms with van der Waals surface area (Å²) in [5.74, 6) is -1.76. The first-order valence-corrected chi connectivity index (χ1v) is 12.4. The van der Waals surface area contributed by atoms with E-state index in [1.807, 2.05) is 0 Å². The molecule has 15 heteroatoms. The van der Waals surface area contributed by atoms with Gasteiger partial charge < -0.3 is 69.3 Å². The molecule has 0 aliphatic carbocycles. The van der Waals surface area contributed by atoms with E-state index in [9.17, 15) is 50.8 Å². The Labute approximate surface area is 230 Å². The average molecular weight is 580 g/mol. The van der Waals surface area contributed by atoms with Crippen molar-refractivity contribution in [3.63, 3.8) is 0 Å². The number of ether oxygens (including phenoxy) is 4. The Hall–Kier alpha value is -3.51. The lowest BCUT2D eigenvalue weighted by molar-refractivity contribution is -0.277. The number of phenols is 2. The lowest BCUT2D eigenvalue weighted by Gasteiger charge is -2.39. The van der Waals surface area contributed by atoms with Gasteiger partial charge in [-0.3, -0.25) is 4.79 Å². The fraction of sp³-hybridized carbons (Fsp3) is 0.423. The van der Waals surface area contributed by atoms with Crippen molar-refractivity contribution in [2.75, 3.05) is 13.2 Å². The van der Waals surface area contributed by atoms with Crippen molar-refractivity contribution < 1.29 is 69.3 Å². The fourth-order valence-electron chi connectivity index (χ4n) is 4.61. The highest BCUT2D eigenvalue weighted by Gasteiger charge is 2.46. The quantitative estimate of drug-likeness (QED) is 0.145. The molecule has 2 aromatic carbocycles. The summed E-state index contributed by atoms with van der Waals surface area (Å²) < 4.78 is 27.7. The zero-order valence-corrected chi connectivity index (χ0v) is 21.0. The van der Waals surface area contributed by atoms with Crippen LogP contribution in [-0.2, 0) is 9.47 Å². The average Bonchev–Trinajstić information content (AvgIpc) is 3.22. The van der Waals surface area contributed by atoms with Gasteiger partial charge in [-0.15, -0.1) is 0 Å². The third-order valence-electron chi connectivity index (χ3n) is 6.87. The van der Waals surface area contributed by atoms with Gasteiger partial charge in [-0.25, -0.2) is 0 Å². The van der Waals surface area contributed by atoms with E-state index < -0.39 is 90.8 Å². The first-order valence-electron chi connectivity index (χ1n) is 12.4. The number of aliphatic hydroxyl groups is 7. The normalized spacial score (nSPS) is 31.8. The van der Waals surface area contributed by atoms with Crippen molar-refractivity contribution in [1.29, 1.82) is 0 Å². The Kier molecular flexibility index (Phi) is 8.06. The van der Waals surface area contributed by atoms with Crippen molar-refractivity contribution in [1.82, 2.24) is 0 Å². The standard InChI is InChI=1S/C26H28O15/c27-7-14-17(31)20(34)22(36)26(40-14)41-24-19(33)16-12(30)5-11(37-25-21(35)18(32)15(8-28)39-25)6-13(16)38-23(24)9-1-3-10(29)4-2-9/h1-6,14-15,17-18,20-22,25-32,34-36H,7-8H2/t14-,15+,17-,18+,20+,21-,22-,25+,26-/m1/s1. The number of hydrogen-bond acceptors (Lipinski definition) is 15. The monoisotopic (exact) mass is 580 g/mol. The zero-order valence-electron chi connectivity index (χ0n) is 21.0. The van der Waals surface area contributed by atoms with E-state index in [1.54, 1.807) is 0 Å². The predicted molar refractivity (Wildman–Crippen MR) is 134 cm³/mol. The van der Waals surface area contributed by atoms with Crippen LogP contribution < -0.4 is 14.9 Å². The number of rotatable bonds is 7. The van der Waals surface area contributed by atoms with E-state index in [2.05, 4.69) is 0 Å². The highest BCUT2D eigenvalue weighted by atomic mass is 16.7. The molecule has 3 aromatic rings. The molecule has 222 valence electrons. The lowest BCUT2D eigenvalue weighted by atomic mass is 9.99. The van der Waals surface area contributed by atoms with E-state index in [0.717, 1.165) is 6.07 Å². The summed E-state index contributed by atoms with van der Waals surface area (Å²) in [5.41, 5.74) is -1.00. The van der Waals surface area contributed by atoms with Crippen LogP contribution in [0.1, 0.15) is 0 Å². The highest BCUT2D eigenvalue weighted by Crippen LogP contribution is 2.38. The summed E-state index contributed by atoms with van der Waals surface area (Å²) in [6, 6.07) is 7.52. The lowest BCUT2D eigenvalue weighted by Crippen LogP contribution is -2.60. The van der Waals surface area contributed by atoms with Crippen molar-refractivity contribution in [3.05, 3.63) is 46.6 Å². The molecule has 2 fully saturated rings. The predicted octanol–water partition coefficient (Wildman–Crippen LogP) is -2.13. The van der Waals surface area contributed by atoms with Gasteiger partial charge in [0, 0.05) is 17.7 Å². The number of phenolic OH excluding ortho intramolecular Hbond substituents is 2. The summed E-state index contributed by atoms with van der Waals surface area (Å²) in [7, 11) is 0. The van der Waals surface area contributed by atoms with Crippen molar-refractivity contribution in [2.24, 2.45) is 0 Å². The minimum Gasteiger partial charge on any atom is -0.508 e. The van der Waals surface area contributed by atoms with Gasteiger partial charge in [-0.1, -0.05) is 0 Å². The van der Waals surface area contributed by atoms with Crippen LogP contribution in [-0.4, -0.2) is 114 Å². The van der Waals surface area contributed by atoms with E-state index in [-0.39, 0.29) is 28.4 Å². The topological polar surface area (TPSA) is 249 Å². The molecular weight excluding hydrogens is 552 g/mol.